The molecule has 2 aromatic heterocycles. The van der Waals surface area contributed by atoms with Crippen LogP contribution in [-0.2, 0) is 10.0 Å². The molecule has 0 aliphatic carbocycles. The summed E-state index contributed by atoms with van der Waals surface area (Å²) in [5, 5.41) is 0.736. The standard InChI is InChI=1S/C19H19ClN4O3S/c1-13-12-23(19(25)14-5-3-2-4-6-14)9-10-24(13)28(26,27)16-11-22-17-15(16)7-8-21-18(17)20/h2-8,11,13,22H,9-10,12H2,1H3. The quantitative estimate of drug-likeness (QED) is 0.662. The lowest BCUT2D eigenvalue weighted by Gasteiger charge is -2.38. The maximum atomic E-state index is 13.3. The molecule has 1 unspecified atom stereocenters. The topological polar surface area (TPSA) is 86.4 Å². The average Bonchev–Trinajstić information content (AvgIpc) is 3.14. The number of piperazine rings is 1. The molecule has 0 spiro atoms. The second-order valence-corrected chi connectivity index (χ2v) is 8.98. The minimum absolute atomic E-state index is 0.0885. The summed E-state index contributed by atoms with van der Waals surface area (Å²) in [6.45, 7) is 2.71. The maximum Gasteiger partial charge on any atom is 0.253 e. The van der Waals surface area contributed by atoms with Gasteiger partial charge in [-0.1, -0.05) is 29.8 Å². The summed E-state index contributed by atoms with van der Waals surface area (Å²) < 4.78 is 28.0. The number of rotatable bonds is 3. The van der Waals surface area contributed by atoms with Crippen molar-refractivity contribution in [2.45, 2.75) is 17.9 Å². The summed E-state index contributed by atoms with van der Waals surface area (Å²) in [5.41, 5.74) is 1.10. The van der Waals surface area contributed by atoms with Gasteiger partial charge >= 0.3 is 0 Å². The van der Waals surface area contributed by atoms with E-state index < -0.39 is 10.0 Å². The van der Waals surface area contributed by atoms with Crippen molar-refractivity contribution in [3.05, 3.63) is 59.5 Å². The van der Waals surface area contributed by atoms with Gasteiger partial charge in [0.05, 0.1) is 5.52 Å². The fourth-order valence-electron chi connectivity index (χ4n) is 3.58. The molecule has 0 radical (unpaired) electrons. The molecule has 3 aromatic rings. The Morgan fingerprint density at radius 2 is 1.96 bits per heavy atom. The minimum atomic E-state index is -3.75. The first-order valence-electron chi connectivity index (χ1n) is 8.87. The van der Waals surface area contributed by atoms with Crippen LogP contribution < -0.4 is 0 Å². The summed E-state index contributed by atoms with van der Waals surface area (Å²) in [5.74, 6) is -0.0885. The number of amides is 1. The number of carbonyl (C=O) groups is 1. The van der Waals surface area contributed by atoms with Gasteiger partial charge in [-0.2, -0.15) is 4.31 Å². The molecule has 1 saturated heterocycles. The molecule has 146 valence electrons. The molecule has 1 aromatic carbocycles. The van der Waals surface area contributed by atoms with Gasteiger partial charge in [-0.25, -0.2) is 13.4 Å². The first-order valence-corrected chi connectivity index (χ1v) is 10.7. The Balaban J connectivity index is 1.59. The Kier molecular flexibility index (Phi) is 4.86. The molecule has 1 aliphatic heterocycles. The van der Waals surface area contributed by atoms with Crippen LogP contribution in [0.3, 0.4) is 0 Å². The second kappa shape index (κ2) is 7.20. The first-order chi connectivity index (χ1) is 13.4. The molecule has 1 atom stereocenters. The molecule has 0 bridgehead atoms. The summed E-state index contributed by atoms with van der Waals surface area (Å²) in [6, 6.07) is 10.3. The zero-order valence-electron chi connectivity index (χ0n) is 15.2. The fourth-order valence-corrected chi connectivity index (χ4v) is 5.56. The summed E-state index contributed by atoms with van der Waals surface area (Å²) in [4.78, 5) is 21.4. The van der Waals surface area contributed by atoms with Crippen LogP contribution in [0.1, 0.15) is 17.3 Å². The number of hydrogen-bond acceptors (Lipinski definition) is 4. The average molecular weight is 419 g/mol. The van der Waals surface area contributed by atoms with E-state index >= 15 is 0 Å². The highest BCUT2D eigenvalue weighted by Crippen LogP contribution is 2.30. The van der Waals surface area contributed by atoms with Crippen molar-refractivity contribution in [2.75, 3.05) is 19.6 Å². The van der Waals surface area contributed by atoms with E-state index in [1.165, 1.54) is 16.7 Å². The van der Waals surface area contributed by atoms with Crippen molar-refractivity contribution in [3.8, 4) is 0 Å². The number of aromatic nitrogens is 2. The number of nitrogens with one attached hydrogen (secondary N) is 1. The van der Waals surface area contributed by atoms with Gasteiger partial charge in [0.2, 0.25) is 10.0 Å². The van der Waals surface area contributed by atoms with Crippen molar-refractivity contribution in [2.24, 2.45) is 0 Å². The molecule has 1 N–H and O–H groups in total. The smallest absolute Gasteiger partial charge is 0.253 e. The predicted molar refractivity (Wildman–Crippen MR) is 107 cm³/mol. The minimum Gasteiger partial charge on any atom is -0.357 e. The normalized spacial score (nSPS) is 18.5. The predicted octanol–water partition coefficient (Wildman–Crippen LogP) is 2.75. The van der Waals surface area contributed by atoms with Crippen LogP contribution in [0.5, 0.6) is 0 Å². The number of hydrogen-bond donors (Lipinski definition) is 1. The molecular weight excluding hydrogens is 400 g/mol. The third kappa shape index (κ3) is 3.17. The molecule has 9 heteroatoms. The lowest BCUT2D eigenvalue weighted by Crippen LogP contribution is -2.55. The number of sulfonamides is 1. The highest BCUT2D eigenvalue weighted by Gasteiger charge is 2.36. The van der Waals surface area contributed by atoms with E-state index in [0.29, 0.717) is 29.6 Å². The highest BCUT2D eigenvalue weighted by atomic mass is 35.5. The Hall–Kier alpha value is -2.42. The number of H-pyrrole nitrogens is 1. The summed E-state index contributed by atoms with van der Waals surface area (Å²) in [6.07, 6.45) is 2.93. The number of halogens is 1. The number of aromatic amines is 1. The SMILES string of the molecule is CC1CN(C(=O)c2ccccc2)CCN1S(=O)(=O)c1c[nH]c2c(Cl)nccc12. The van der Waals surface area contributed by atoms with Crippen molar-refractivity contribution >= 4 is 38.4 Å². The Morgan fingerprint density at radius 1 is 1.21 bits per heavy atom. The van der Waals surface area contributed by atoms with E-state index in [1.54, 1.807) is 23.1 Å². The first kappa shape index (κ1) is 18.9. The Bertz CT molecular complexity index is 1130. The fraction of sp³-hybridized carbons (Fsp3) is 0.263. The zero-order valence-corrected chi connectivity index (χ0v) is 16.7. The van der Waals surface area contributed by atoms with E-state index in [-0.39, 0.29) is 28.5 Å². The molecule has 1 fully saturated rings. The van der Waals surface area contributed by atoms with Crippen LogP contribution in [0.15, 0.2) is 53.7 Å². The Morgan fingerprint density at radius 3 is 2.68 bits per heavy atom. The largest absolute Gasteiger partial charge is 0.357 e. The summed E-state index contributed by atoms with van der Waals surface area (Å²) in [7, 11) is -3.75. The van der Waals surface area contributed by atoms with Crippen LogP contribution in [0.2, 0.25) is 5.15 Å². The molecule has 3 heterocycles. The van der Waals surface area contributed by atoms with Gasteiger partial charge in [0.1, 0.15) is 4.90 Å². The second-order valence-electron chi connectivity index (χ2n) is 6.76. The van der Waals surface area contributed by atoms with Crippen molar-refractivity contribution in [1.29, 1.82) is 0 Å². The van der Waals surface area contributed by atoms with Gasteiger partial charge in [-0.3, -0.25) is 4.79 Å². The molecule has 1 amide bonds. The monoisotopic (exact) mass is 418 g/mol. The molecule has 28 heavy (non-hydrogen) atoms. The van der Waals surface area contributed by atoms with E-state index in [1.807, 2.05) is 25.1 Å². The van der Waals surface area contributed by atoms with E-state index in [0.717, 1.165) is 0 Å². The molecule has 4 rings (SSSR count). The number of pyridine rings is 1. The van der Waals surface area contributed by atoms with Gasteiger partial charge in [-0.05, 0) is 25.1 Å². The number of fused-ring (bicyclic) bond motifs is 1. The van der Waals surface area contributed by atoms with Crippen molar-refractivity contribution in [1.82, 2.24) is 19.2 Å². The molecular formula is C19H19ClN4O3S. The number of benzene rings is 1. The van der Waals surface area contributed by atoms with Crippen LogP contribution in [0.4, 0.5) is 0 Å². The number of nitrogens with zero attached hydrogens (tertiary/aromatic N) is 3. The maximum absolute atomic E-state index is 13.3. The lowest BCUT2D eigenvalue weighted by molar-refractivity contribution is 0.0642. The van der Waals surface area contributed by atoms with Gasteiger partial charge in [0.15, 0.2) is 5.15 Å². The summed E-state index contributed by atoms with van der Waals surface area (Å²) >= 11 is 6.05. The molecule has 0 saturated carbocycles. The molecule has 7 nitrogen and oxygen atoms in total. The van der Waals surface area contributed by atoms with Crippen molar-refractivity contribution in [3.63, 3.8) is 0 Å². The molecule has 1 aliphatic rings. The number of carbonyl (C=O) groups excluding carboxylic acids is 1. The highest BCUT2D eigenvalue weighted by molar-refractivity contribution is 7.89. The van der Waals surface area contributed by atoms with Crippen LogP contribution >= 0.6 is 11.6 Å². The third-order valence-electron chi connectivity index (χ3n) is 4.98. The van der Waals surface area contributed by atoms with Crippen LogP contribution in [-0.4, -0.2) is 59.2 Å². The van der Waals surface area contributed by atoms with E-state index in [4.69, 9.17) is 11.6 Å². The zero-order chi connectivity index (χ0) is 19.9. The Labute approximate surface area is 168 Å². The lowest BCUT2D eigenvalue weighted by atomic mass is 10.1. The van der Waals surface area contributed by atoms with Gasteiger partial charge in [0.25, 0.3) is 5.91 Å². The van der Waals surface area contributed by atoms with Crippen LogP contribution in [0, 0.1) is 0 Å². The van der Waals surface area contributed by atoms with Gasteiger partial charge in [-0.15, -0.1) is 0 Å². The van der Waals surface area contributed by atoms with E-state index in [9.17, 15) is 13.2 Å². The third-order valence-corrected chi connectivity index (χ3v) is 7.32. The van der Waals surface area contributed by atoms with Gasteiger partial charge in [0, 0.05) is 49.0 Å². The van der Waals surface area contributed by atoms with E-state index in [2.05, 4.69) is 9.97 Å². The van der Waals surface area contributed by atoms with Crippen LogP contribution in [0.25, 0.3) is 10.9 Å². The van der Waals surface area contributed by atoms with Crippen molar-refractivity contribution < 1.29 is 13.2 Å². The van der Waals surface area contributed by atoms with Gasteiger partial charge < -0.3 is 9.88 Å².